The second-order valence-electron chi connectivity index (χ2n) is 5.55. The van der Waals surface area contributed by atoms with Crippen molar-refractivity contribution in [3.05, 3.63) is 29.8 Å². The lowest BCUT2D eigenvalue weighted by atomic mass is 9.88. The van der Waals surface area contributed by atoms with Crippen LogP contribution in [-0.4, -0.2) is 36.3 Å². The predicted octanol–water partition coefficient (Wildman–Crippen LogP) is 2.41. The maximum Gasteiger partial charge on any atom is 0.341 e. The van der Waals surface area contributed by atoms with Crippen LogP contribution in [-0.2, 0) is 4.79 Å². The van der Waals surface area contributed by atoms with Crippen LogP contribution in [0, 0.1) is 5.92 Å². The van der Waals surface area contributed by atoms with Gasteiger partial charge in [0.1, 0.15) is 11.9 Å². The normalized spacial score (nSPS) is 21.1. The molecular weight excluding hydrogens is 289 g/mol. The number of halogens is 1. The van der Waals surface area contributed by atoms with Crippen molar-refractivity contribution in [3.63, 3.8) is 0 Å². The third kappa shape index (κ3) is 5.02. The molecule has 0 spiro atoms. The molecule has 1 aromatic rings. The molecule has 0 bridgehead atoms. The van der Waals surface area contributed by atoms with Crippen molar-refractivity contribution in [1.29, 1.82) is 0 Å². The quantitative estimate of drug-likeness (QED) is 0.846. The van der Waals surface area contributed by atoms with Crippen LogP contribution < -0.4 is 10.1 Å². The molecule has 120 valence electrons. The van der Waals surface area contributed by atoms with Crippen molar-refractivity contribution in [1.82, 2.24) is 5.32 Å². The molecule has 2 rings (SSSR count). The first-order valence-corrected chi connectivity index (χ1v) is 7.41. The zero-order valence-corrected chi connectivity index (χ0v) is 12.3. The first-order chi connectivity index (χ1) is 10.5. The van der Waals surface area contributed by atoms with Crippen LogP contribution in [0.25, 0.3) is 0 Å². The van der Waals surface area contributed by atoms with Crippen molar-refractivity contribution in [2.45, 2.75) is 31.9 Å². The Labute approximate surface area is 128 Å². The predicted molar refractivity (Wildman–Crippen MR) is 78.8 cm³/mol. The molecule has 2 N–H and O–H groups in total. The van der Waals surface area contributed by atoms with E-state index in [1.54, 1.807) is 18.2 Å². The van der Waals surface area contributed by atoms with E-state index in [2.05, 4.69) is 5.32 Å². The summed E-state index contributed by atoms with van der Waals surface area (Å²) in [6.07, 6.45) is 2.15. The number of carbonyl (C=O) groups is 2. The average molecular weight is 309 g/mol. The van der Waals surface area contributed by atoms with Gasteiger partial charge in [-0.15, -0.1) is 0 Å². The van der Waals surface area contributed by atoms with Crippen molar-refractivity contribution in [2.24, 2.45) is 5.92 Å². The highest BCUT2D eigenvalue weighted by Crippen LogP contribution is 2.25. The van der Waals surface area contributed by atoms with E-state index in [1.807, 2.05) is 0 Å². The molecule has 5 nitrogen and oxygen atoms in total. The van der Waals surface area contributed by atoms with Crippen molar-refractivity contribution in [3.8, 4) is 5.75 Å². The lowest BCUT2D eigenvalue weighted by Gasteiger charge is -2.24. The molecule has 1 aliphatic rings. The Bertz CT molecular complexity index is 535. The van der Waals surface area contributed by atoms with Gasteiger partial charge >= 0.3 is 5.97 Å². The number of hydrogen-bond acceptors (Lipinski definition) is 3. The van der Waals surface area contributed by atoms with E-state index in [0.717, 1.165) is 12.8 Å². The molecule has 0 aromatic heterocycles. The molecule has 6 heteroatoms. The molecule has 0 radical (unpaired) electrons. The zero-order chi connectivity index (χ0) is 15.9. The molecule has 1 aromatic carbocycles. The van der Waals surface area contributed by atoms with E-state index in [1.165, 1.54) is 6.07 Å². The molecule has 1 saturated carbocycles. The Morgan fingerprint density at radius 3 is 2.91 bits per heavy atom. The van der Waals surface area contributed by atoms with Crippen molar-refractivity contribution >= 4 is 11.9 Å². The highest BCUT2D eigenvalue weighted by atomic mass is 19.1. The number of nitrogens with one attached hydrogen (secondary N) is 1. The van der Waals surface area contributed by atoms with Crippen LogP contribution in [0.1, 0.15) is 36.0 Å². The molecule has 0 saturated heterocycles. The lowest BCUT2D eigenvalue weighted by Crippen LogP contribution is -2.32. The molecule has 1 amide bonds. The lowest BCUT2D eigenvalue weighted by molar-refractivity contribution is -0.139. The van der Waals surface area contributed by atoms with Gasteiger partial charge in [0, 0.05) is 12.1 Å². The van der Waals surface area contributed by atoms with Crippen LogP contribution in [0.2, 0.25) is 0 Å². The van der Waals surface area contributed by atoms with Crippen molar-refractivity contribution in [2.75, 3.05) is 13.2 Å². The Hall–Kier alpha value is -2.11. The number of rotatable bonds is 6. The maximum atomic E-state index is 13.3. The minimum Gasteiger partial charge on any atom is -0.482 e. The Morgan fingerprint density at radius 2 is 2.18 bits per heavy atom. The van der Waals surface area contributed by atoms with Crippen LogP contribution in [0.15, 0.2) is 24.3 Å². The van der Waals surface area contributed by atoms with Gasteiger partial charge in [0.15, 0.2) is 6.61 Å². The summed E-state index contributed by atoms with van der Waals surface area (Å²) in [4.78, 5) is 22.5. The van der Waals surface area contributed by atoms with Crippen molar-refractivity contribution < 1.29 is 23.8 Å². The van der Waals surface area contributed by atoms with Crippen LogP contribution >= 0.6 is 0 Å². The largest absolute Gasteiger partial charge is 0.482 e. The van der Waals surface area contributed by atoms with E-state index >= 15 is 0 Å². The summed E-state index contributed by atoms with van der Waals surface area (Å²) in [5, 5.41) is 11.4. The third-order valence-corrected chi connectivity index (χ3v) is 3.73. The summed E-state index contributed by atoms with van der Waals surface area (Å²) >= 11 is 0. The summed E-state index contributed by atoms with van der Waals surface area (Å²) in [5.41, 5.74) is 0.399. The number of aliphatic carboxylic acids is 1. The van der Waals surface area contributed by atoms with Crippen LogP contribution in [0.3, 0.4) is 0 Å². The Kier molecular flexibility index (Phi) is 5.75. The van der Waals surface area contributed by atoms with Gasteiger partial charge in [0.05, 0.1) is 0 Å². The first-order valence-electron chi connectivity index (χ1n) is 7.41. The number of carboxylic acid groups (broad SMARTS) is 1. The fraction of sp³-hybridized carbons (Fsp3) is 0.500. The molecular formula is C16H20FNO4. The van der Waals surface area contributed by atoms with E-state index in [4.69, 9.17) is 9.84 Å². The minimum absolute atomic E-state index is 0.180. The van der Waals surface area contributed by atoms with Gasteiger partial charge in [-0.05, 0) is 43.4 Å². The fourth-order valence-corrected chi connectivity index (χ4v) is 2.62. The van der Waals surface area contributed by atoms with Gasteiger partial charge in [0.25, 0.3) is 5.91 Å². The Morgan fingerprint density at radius 1 is 1.36 bits per heavy atom. The summed E-state index contributed by atoms with van der Waals surface area (Å²) in [6.45, 7) is 0.00446. The molecule has 22 heavy (non-hydrogen) atoms. The summed E-state index contributed by atoms with van der Waals surface area (Å²) < 4.78 is 18.3. The second kappa shape index (κ2) is 7.77. The van der Waals surface area contributed by atoms with E-state index < -0.39 is 18.7 Å². The van der Waals surface area contributed by atoms with Gasteiger partial charge < -0.3 is 15.2 Å². The molecule has 0 heterocycles. The molecule has 0 aliphatic heterocycles. The SMILES string of the molecule is O=C(O)COc1cccc(C(=O)NCC2CCCC(F)C2)c1. The number of carbonyl (C=O) groups excluding carboxylic acids is 1. The summed E-state index contributed by atoms with van der Waals surface area (Å²) in [5.74, 6) is -0.828. The van der Waals surface area contributed by atoms with Gasteiger partial charge in [-0.1, -0.05) is 12.5 Å². The number of amides is 1. The van der Waals surface area contributed by atoms with Gasteiger partial charge in [-0.2, -0.15) is 0 Å². The topological polar surface area (TPSA) is 75.6 Å². The van der Waals surface area contributed by atoms with Gasteiger partial charge in [0.2, 0.25) is 0 Å². The molecule has 1 aliphatic carbocycles. The minimum atomic E-state index is -1.08. The smallest absolute Gasteiger partial charge is 0.341 e. The van der Waals surface area contributed by atoms with Gasteiger partial charge in [-0.25, -0.2) is 9.18 Å². The summed E-state index contributed by atoms with van der Waals surface area (Å²) in [7, 11) is 0. The number of alkyl halides is 1. The molecule has 1 fully saturated rings. The van der Waals surface area contributed by atoms with E-state index in [-0.39, 0.29) is 11.8 Å². The summed E-state index contributed by atoms with van der Waals surface area (Å²) in [6, 6.07) is 6.34. The third-order valence-electron chi connectivity index (χ3n) is 3.73. The van der Waals surface area contributed by atoms with Crippen LogP contribution in [0.5, 0.6) is 5.75 Å². The molecule has 2 atom stereocenters. The highest BCUT2D eigenvalue weighted by molar-refractivity contribution is 5.94. The average Bonchev–Trinajstić information content (AvgIpc) is 2.51. The number of ether oxygens (including phenoxy) is 1. The van der Waals surface area contributed by atoms with Crippen LogP contribution in [0.4, 0.5) is 4.39 Å². The zero-order valence-electron chi connectivity index (χ0n) is 12.3. The van der Waals surface area contributed by atoms with Gasteiger partial charge in [-0.3, -0.25) is 4.79 Å². The number of carboxylic acids is 1. The van der Waals surface area contributed by atoms with E-state index in [9.17, 15) is 14.0 Å². The maximum absolute atomic E-state index is 13.3. The number of hydrogen-bond donors (Lipinski definition) is 2. The number of benzene rings is 1. The fourth-order valence-electron chi connectivity index (χ4n) is 2.62. The standard InChI is InChI=1S/C16H20FNO4/c17-13-5-1-3-11(7-13)9-18-16(21)12-4-2-6-14(8-12)22-10-15(19)20/h2,4,6,8,11,13H,1,3,5,7,9-10H2,(H,18,21)(H,19,20). The van der Waals surface area contributed by atoms with E-state index in [0.29, 0.717) is 30.7 Å². The Balaban J connectivity index is 1.86. The monoisotopic (exact) mass is 309 g/mol. The highest BCUT2D eigenvalue weighted by Gasteiger charge is 2.22. The second-order valence-corrected chi connectivity index (χ2v) is 5.55. The molecule has 2 unspecified atom stereocenters. The first kappa shape index (κ1) is 16.3.